The summed E-state index contributed by atoms with van der Waals surface area (Å²) >= 11 is 0. The number of nitrogens with zero attached hydrogens (tertiary/aromatic N) is 4. The Kier molecular flexibility index (Phi) is 6.92. The van der Waals surface area contributed by atoms with E-state index in [1.165, 1.54) is 7.11 Å². The number of methoxy groups -OCH3 is 1. The van der Waals surface area contributed by atoms with Gasteiger partial charge in [-0.3, -0.25) is 14.6 Å². The minimum Gasteiger partial charge on any atom is -0.469 e. The molecule has 3 unspecified atom stereocenters. The van der Waals surface area contributed by atoms with Crippen molar-refractivity contribution in [1.82, 2.24) is 0 Å². The fourth-order valence-electron chi connectivity index (χ4n) is 6.91. The standard InChI is InChI=1S/C34H36N4O4/c1-8-20-15(2)23-14-28-31(19(6)39)17(4)25(36-28)12-24-16(3)21(9-10-30(41)42-7)33(37-24)22-11-29(40)32-18(5)26(38-34(22)32)13-27(20)35-23/h12-14,16,19,21,39H,8-11H2,1-7H3. The smallest absolute Gasteiger partial charge is 0.305 e. The zero-order chi connectivity index (χ0) is 30.0. The monoisotopic (exact) mass is 564 g/mol. The van der Waals surface area contributed by atoms with Gasteiger partial charge in [-0.15, -0.1) is 0 Å². The highest BCUT2D eigenvalue weighted by Crippen LogP contribution is 2.45. The molecule has 6 rings (SSSR count). The van der Waals surface area contributed by atoms with Gasteiger partial charge in [-0.1, -0.05) is 13.8 Å². The number of carbonyl (C=O) groups excluding carboxylic acids is 2. The van der Waals surface area contributed by atoms with Crippen LogP contribution in [0.4, 0.5) is 0 Å². The van der Waals surface area contributed by atoms with Gasteiger partial charge in [-0.05, 0) is 81.1 Å². The van der Waals surface area contributed by atoms with E-state index >= 15 is 0 Å². The number of esters is 1. The van der Waals surface area contributed by atoms with Crippen LogP contribution in [-0.4, -0.2) is 52.9 Å². The lowest BCUT2D eigenvalue weighted by atomic mass is 9.84. The summed E-state index contributed by atoms with van der Waals surface area (Å²) in [5.74, 6) is -0.347. The summed E-state index contributed by atoms with van der Waals surface area (Å²) < 4.78 is 4.94. The van der Waals surface area contributed by atoms with Gasteiger partial charge in [-0.2, -0.15) is 0 Å². The molecule has 42 heavy (non-hydrogen) atoms. The molecule has 0 amide bonds. The molecule has 5 aliphatic heterocycles. The number of ketones is 1. The normalized spacial score (nSPS) is 25.5. The number of Topliss-reactive ketones (excluding diaryl/α,β-unsaturated/α-hetero) is 1. The number of hydrogen-bond acceptors (Lipinski definition) is 8. The maximum absolute atomic E-state index is 13.4. The van der Waals surface area contributed by atoms with Crippen molar-refractivity contribution < 1.29 is 19.4 Å². The molecule has 3 atom stereocenters. The van der Waals surface area contributed by atoms with Gasteiger partial charge >= 0.3 is 5.97 Å². The van der Waals surface area contributed by atoms with Crippen LogP contribution in [0.15, 0.2) is 100.0 Å². The first kappa shape index (κ1) is 28.1. The van der Waals surface area contributed by atoms with Crippen molar-refractivity contribution in [2.45, 2.75) is 73.3 Å². The van der Waals surface area contributed by atoms with E-state index in [0.717, 1.165) is 74.1 Å². The Labute approximate surface area is 246 Å². The number of aliphatic imine (C=N–C) groups is 4. The quantitative estimate of drug-likeness (QED) is 0.435. The number of carbonyl (C=O) groups is 2. The van der Waals surface area contributed by atoms with Gasteiger partial charge in [0.05, 0.1) is 53.1 Å². The second kappa shape index (κ2) is 10.3. The first-order valence-corrected chi connectivity index (χ1v) is 14.7. The van der Waals surface area contributed by atoms with Gasteiger partial charge in [0.25, 0.3) is 0 Å². The first-order valence-electron chi connectivity index (χ1n) is 14.7. The largest absolute Gasteiger partial charge is 0.469 e. The third kappa shape index (κ3) is 4.31. The third-order valence-electron chi connectivity index (χ3n) is 9.29. The van der Waals surface area contributed by atoms with Crippen LogP contribution in [0.5, 0.6) is 0 Å². The van der Waals surface area contributed by atoms with E-state index in [1.807, 2.05) is 32.1 Å². The molecule has 1 N–H and O–H groups in total. The minimum absolute atomic E-state index is 0.0270. The zero-order valence-corrected chi connectivity index (χ0v) is 25.3. The maximum atomic E-state index is 13.4. The van der Waals surface area contributed by atoms with E-state index in [-0.39, 0.29) is 36.4 Å². The fourth-order valence-corrected chi connectivity index (χ4v) is 6.91. The Morgan fingerprint density at radius 1 is 1.00 bits per heavy atom. The molecule has 8 nitrogen and oxygen atoms in total. The highest BCUT2D eigenvalue weighted by atomic mass is 16.5. The number of aliphatic hydroxyl groups is 1. The predicted octanol–water partition coefficient (Wildman–Crippen LogP) is 5.64. The lowest BCUT2D eigenvalue weighted by molar-refractivity contribution is -0.140. The van der Waals surface area contributed by atoms with Gasteiger partial charge in [0.2, 0.25) is 0 Å². The number of allylic oxidation sites excluding steroid dienone is 10. The van der Waals surface area contributed by atoms with E-state index < -0.39 is 6.10 Å². The topological polar surface area (TPSA) is 113 Å². The Morgan fingerprint density at radius 3 is 2.36 bits per heavy atom. The van der Waals surface area contributed by atoms with Crippen LogP contribution >= 0.6 is 0 Å². The molecule has 0 saturated heterocycles. The average Bonchev–Trinajstić information content (AvgIpc) is 3.70. The van der Waals surface area contributed by atoms with Crippen LogP contribution in [-0.2, 0) is 14.3 Å². The molecule has 8 heteroatoms. The molecule has 1 saturated carbocycles. The molecule has 1 aliphatic carbocycles. The van der Waals surface area contributed by atoms with Crippen LogP contribution < -0.4 is 0 Å². The highest BCUT2D eigenvalue weighted by molar-refractivity contribution is 6.38. The van der Waals surface area contributed by atoms with Gasteiger partial charge in [-0.25, -0.2) is 15.0 Å². The molecule has 0 spiro atoms. The van der Waals surface area contributed by atoms with Crippen molar-refractivity contribution in [1.29, 1.82) is 0 Å². The second-order valence-electron chi connectivity index (χ2n) is 11.7. The van der Waals surface area contributed by atoms with Crippen molar-refractivity contribution in [3.05, 3.63) is 80.0 Å². The molecule has 8 bridgehead atoms. The van der Waals surface area contributed by atoms with Crippen LogP contribution in [0.25, 0.3) is 0 Å². The molecular weight excluding hydrogens is 528 g/mol. The van der Waals surface area contributed by atoms with Crippen LogP contribution in [0.2, 0.25) is 0 Å². The number of hydrogen-bond donors (Lipinski definition) is 1. The SMILES string of the molecule is CCC1=C(C)C2=CC3=NC(=CC4=NC(=C5CC(=O)C6=C(C)C(=CC1=N2)N=C56)C(CCC(=O)OC)C4C)C(C)=C3C(C)O. The number of fused-ring (bicyclic) bond motifs is 4. The van der Waals surface area contributed by atoms with E-state index in [2.05, 4.69) is 20.8 Å². The summed E-state index contributed by atoms with van der Waals surface area (Å²) in [6, 6.07) is 0. The average molecular weight is 565 g/mol. The van der Waals surface area contributed by atoms with Gasteiger partial charge < -0.3 is 9.84 Å². The van der Waals surface area contributed by atoms with Crippen molar-refractivity contribution in [2.75, 3.05) is 7.11 Å². The van der Waals surface area contributed by atoms with Gasteiger partial charge in [0, 0.05) is 47.1 Å². The molecule has 6 aliphatic rings. The Morgan fingerprint density at radius 2 is 1.67 bits per heavy atom. The van der Waals surface area contributed by atoms with Gasteiger partial charge in [0.15, 0.2) is 5.78 Å². The molecule has 0 aromatic rings. The van der Waals surface area contributed by atoms with Crippen molar-refractivity contribution in [2.24, 2.45) is 31.8 Å². The molecule has 216 valence electrons. The van der Waals surface area contributed by atoms with E-state index in [4.69, 9.17) is 24.7 Å². The Bertz CT molecular complexity index is 1710. The molecule has 0 aromatic carbocycles. The van der Waals surface area contributed by atoms with E-state index in [0.29, 0.717) is 23.4 Å². The van der Waals surface area contributed by atoms with Crippen molar-refractivity contribution in [3.63, 3.8) is 0 Å². The lowest BCUT2D eigenvalue weighted by Gasteiger charge is -2.18. The molecule has 0 aromatic heterocycles. The van der Waals surface area contributed by atoms with Crippen LogP contribution in [0.3, 0.4) is 0 Å². The van der Waals surface area contributed by atoms with E-state index in [1.54, 1.807) is 6.92 Å². The van der Waals surface area contributed by atoms with E-state index in [9.17, 15) is 14.7 Å². The maximum Gasteiger partial charge on any atom is 0.305 e. The number of aliphatic hydroxyl groups excluding tert-OH is 1. The summed E-state index contributed by atoms with van der Waals surface area (Å²) in [7, 11) is 1.40. The lowest BCUT2D eigenvalue weighted by Crippen LogP contribution is -2.17. The molecular formula is C34H36N4O4. The summed E-state index contributed by atoms with van der Waals surface area (Å²) in [4.78, 5) is 45.7. The number of rotatable bonds is 5. The van der Waals surface area contributed by atoms with Crippen LogP contribution in [0.1, 0.15) is 67.2 Å². The number of ether oxygens (including phenoxy) is 1. The van der Waals surface area contributed by atoms with Crippen molar-refractivity contribution in [3.8, 4) is 0 Å². The summed E-state index contributed by atoms with van der Waals surface area (Å²) in [5.41, 5.74) is 12.3. The Hall–Kier alpha value is -4.04. The molecule has 5 heterocycles. The third-order valence-corrected chi connectivity index (χ3v) is 9.29. The highest BCUT2D eigenvalue weighted by Gasteiger charge is 2.42. The minimum atomic E-state index is -0.717. The van der Waals surface area contributed by atoms with Crippen LogP contribution in [0, 0.1) is 11.8 Å². The summed E-state index contributed by atoms with van der Waals surface area (Å²) in [5, 5.41) is 10.8. The fraction of sp³-hybridized carbons (Fsp3) is 0.412. The zero-order valence-electron chi connectivity index (χ0n) is 25.3. The predicted molar refractivity (Wildman–Crippen MR) is 165 cm³/mol. The first-order chi connectivity index (χ1) is 20.0. The summed E-state index contributed by atoms with van der Waals surface area (Å²) in [6.07, 6.45) is 7.04. The van der Waals surface area contributed by atoms with Crippen molar-refractivity contribution >= 4 is 34.6 Å². The molecule has 0 radical (unpaired) electrons. The second-order valence-corrected chi connectivity index (χ2v) is 11.7. The Balaban J connectivity index is 1.62. The molecule has 1 fully saturated rings. The van der Waals surface area contributed by atoms with Gasteiger partial charge in [0.1, 0.15) is 0 Å². The summed E-state index contributed by atoms with van der Waals surface area (Å²) in [6.45, 7) is 12.0.